The smallest absolute Gasteiger partial charge is 0.759 e. The molecular formula is H4CaO8SSi. The summed E-state index contributed by atoms with van der Waals surface area (Å²) in [5, 5.41) is 0. The van der Waals surface area contributed by atoms with Crippen LogP contribution in [0.2, 0.25) is 0 Å². The number of hydrogen-bond donors (Lipinski definition) is 4. The Morgan fingerprint density at radius 3 is 1.00 bits per heavy atom. The minimum atomic E-state index is -5.17. The molecule has 4 N–H and O–H groups in total. The first-order valence-corrected chi connectivity index (χ1v) is 4.68. The molecule has 0 spiro atoms. The molecule has 0 radical (unpaired) electrons. The summed E-state index contributed by atoms with van der Waals surface area (Å²) in [6.45, 7) is 0. The summed E-state index contributed by atoms with van der Waals surface area (Å²) < 4.78 is 34.1. The summed E-state index contributed by atoms with van der Waals surface area (Å²) in [6, 6.07) is 0. The third-order valence-electron chi connectivity index (χ3n) is 0. The molecular weight excluding hydrogens is 228 g/mol. The first kappa shape index (κ1) is 18.1. The van der Waals surface area contributed by atoms with Crippen LogP contribution in [-0.2, 0) is 10.4 Å². The minimum absolute atomic E-state index is 0. The zero-order valence-corrected chi connectivity index (χ0v) is 9.06. The van der Waals surface area contributed by atoms with Crippen molar-refractivity contribution < 1.29 is 36.7 Å². The fourth-order valence-electron chi connectivity index (χ4n) is 0. The summed E-state index contributed by atoms with van der Waals surface area (Å²) in [7, 11) is -9.78. The van der Waals surface area contributed by atoms with Crippen LogP contribution in [0.4, 0.5) is 0 Å². The van der Waals surface area contributed by atoms with Gasteiger partial charge in [0.15, 0.2) is 0 Å². The summed E-state index contributed by atoms with van der Waals surface area (Å²) in [5.74, 6) is 0. The molecule has 0 aliphatic heterocycles. The predicted octanol–water partition coefficient (Wildman–Crippen LogP) is -4.33. The molecule has 11 heteroatoms. The van der Waals surface area contributed by atoms with E-state index in [4.69, 9.17) is 36.7 Å². The van der Waals surface area contributed by atoms with Crippen molar-refractivity contribution in [1.29, 1.82) is 0 Å². The molecule has 64 valence electrons. The van der Waals surface area contributed by atoms with Gasteiger partial charge in [0.25, 0.3) is 0 Å². The van der Waals surface area contributed by atoms with Crippen molar-refractivity contribution >= 4 is 57.2 Å². The van der Waals surface area contributed by atoms with Crippen LogP contribution in [0.3, 0.4) is 0 Å². The molecule has 0 aliphatic carbocycles. The van der Waals surface area contributed by atoms with Crippen LogP contribution in [-0.4, -0.2) is 83.5 Å². The molecule has 0 rings (SSSR count). The Kier molecular flexibility index (Phi) is 11.0. The molecule has 0 saturated carbocycles. The Bertz CT molecular complexity index is 149. The van der Waals surface area contributed by atoms with Gasteiger partial charge < -0.3 is 28.3 Å². The van der Waals surface area contributed by atoms with Gasteiger partial charge in [0.2, 0.25) is 0 Å². The average Bonchev–Trinajstić information content (AvgIpc) is 1.12. The summed E-state index contributed by atoms with van der Waals surface area (Å²) in [6.07, 6.45) is 0. The van der Waals surface area contributed by atoms with Crippen molar-refractivity contribution in [2.75, 3.05) is 0 Å². The molecule has 0 amide bonds. The molecule has 0 unspecified atom stereocenters. The van der Waals surface area contributed by atoms with E-state index in [-0.39, 0.29) is 37.7 Å². The van der Waals surface area contributed by atoms with Gasteiger partial charge in [-0.15, -0.1) is 0 Å². The summed E-state index contributed by atoms with van der Waals surface area (Å²) >= 11 is 0. The van der Waals surface area contributed by atoms with Gasteiger partial charge in [0.1, 0.15) is 0 Å². The summed E-state index contributed by atoms with van der Waals surface area (Å²) in [5.41, 5.74) is 0. The molecule has 0 aliphatic rings. The normalized spacial score (nSPS) is 10.7. The van der Waals surface area contributed by atoms with E-state index in [0.717, 1.165) is 0 Å². The Morgan fingerprint density at radius 2 is 1.00 bits per heavy atom. The van der Waals surface area contributed by atoms with Crippen LogP contribution in [0.1, 0.15) is 0 Å². The van der Waals surface area contributed by atoms with E-state index in [9.17, 15) is 0 Å². The second-order valence-corrected chi connectivity index (χ2v) is 3.02. The van der Waals surface area contributed by atoms with Crippen molar-refractivity contribution in [3.05, 3.63) is 0 Å². The Labute approximate surface area is 93.2 Å². The maximum Gasteiger partial charge on any atom is 2.00 e. The van der Waals surface area contributed by atoms with Crippen molar-refractivity contribution in [1.82, 2.24) is 0 Å². The molecule has 0 heterocycles. The van der Waals surface area contributed by atoms with Crippen molar-refractivity contribution in [3.63, 3.8) is 0 Å². The minimum Gasteiger partial charge on any atom is -0.759 e. The maximum atomic E-state index is 8.52. The second kappa shape index (κ2) is 6.68. The van der Waals surface area contributed by atoms with Crippen LogP contribution < -0.4 is 0 Å². The van der Waals surface area contributed by atoms with E-state index in [2.05, 4.69) is 0 Å². The van der Waals surface area contributed by atoms with Gasteiger partial charge in [-0.2, -0.15) is 0 Å². The van der Waals surface area contributed by atoms with Crippen molar-refractivity contribution in [3.8, 4) is 0 Å². The Morgan fingerprint density at radius 1 is 1.00 bits per heavy atom. The monoisotopic (exact) mass is 232 g/mol. The third-order valence-corrected chi connectivity index (χ3v) is 0. The fourth-order valence-corrected chi connectivity index (χ4v) is 0. The molecule has 11 heavy (non-hydrogen) atoms. The van der Waals surface area contributed by atoms with Gasteiger partial charge in [-0.1, -0.05) is 0 Å². The largest absolute Gasteiger partial charge is 2.00 e. The SMILES string of the molecule is O=S(=O)([O-])[O-].O[Si](O)(O)O.[Ca+2]. The van der Waals surface area contributed by atoms with Gasteiger partial charge >= 0.3 is 46.8 Å². The van der Waals surface area contributed by atoms with E-state index >= 15 is 0 Å². The van der Waals surface area contributed by atoms with Crippen molar-refractivity contribution in [2.45, 2.75) is 0 Å². The molecule has 0 aromatic heterocycles. The van der Waals surface area contributed by atoms with E-state index in [0.29, 0.717) is 0 Å². The van der Waals surface area contributed by atoms with Gasteiger partial charge in [0.05, 0.1) is 0 Å². The molecule has 0 aromatic carbocycles. The second-order valence-electron chi connectivity index (χ2n) is 1.01. The van der Waals surface area contributed by atoms with E-state index in [1.54, 1.807) is 0 Å². The summed E-state index contributed by atoms with van der Waals surface area (Å²) in [4.78, 5) is 29.3. The fraction of sp³-hybridized carbons (Fsp3) is 0. The first-order chi connectivity index (χ1) is 4.00. The van der Waals surface area contributed by atoms with Crippen LogP contribution in [0.15, 0.2) is 0 Å². The van der Waals surface area contributed by atoms with Crippen LogP contribution >= 0.6 is 0 Å². The number of rotatable bonds is 0. The van der Waals surface area contributed by atoms with E-state index in [1.807, 2.05) is 0 Å². The first-order valence-electron chi connectivity index (χ1n) is 1.56. The zero-order valence-electron chi connectivity index (χ0n) is 5.04. The molecule has 0 fully saturated rings. The van der Waals surface area contributed by atoms with Crippen LogP contribution in [0, 0.1) is 0 Å². The Hall–Kier alpha value is 1.19. The molecule has 0 bridgehead atoms. The quantitative estimate of drug-likeness (QED) is 0.185. The standard InChI is InChI=1S/Ca.H2O4S.H4O4Si/c;2*1-5(2,3)4/h;(H2,1,2,3,4);1-4H/q+2;;/p-2. The van der Waals surface area contributed by atoms with Crippen LogP contribution in [0.25, 0.3) is 0 Å². The van der Waals surface area contributed by atoms with Crippen molar-refractivity contribution in [2.24, 2.45) is 0 Å². The van der Waals surface area contributed by atoms with Gasteiger partial charge in [-0.3, -0.25) is 8.42 Å². The number of hydrogen-bond acceptors (Lipinski definition) is 8. The zero-order chi connectivity index (χ0) is 9.00. The molecule has 0 atom stereocenters. The Balaban J connectivity index is -0.000000107. The molecule has 8 nitrogen and oxygen atoms in total. The molecule has 0 saturated heterocycles. The van der Waals surface area contributed by atoms with Gasteiger partial charge in [-0.05, 0) is 0 Å². The van der Waals surface area contributed by atoms with Gasteiger partial charge in [0, 0.05) is 10.4 Å². The topological polar surface area (TPSA) is 161 Å². The molecule has 0 aromatic rings. The predicted molar refractivity (Wildman–Crippen MR) is 30.9 cm³/mol. The average molecular weight is 232 g/mol. The van der Waals surface area contributed by atoms with Gasteiger partial charge in [-0.25, -0.2) is 0 Å². The third kappa shape index (κ3) is 670. The maximum absolute atomic E-state index is 8.52. The van der Waals surface area contributed by atoms with E-state index < -0.39 is 19.4 Å². The van der Waals surface area contributed by atoms with E-state index in [1.165, 1.54) is 0 Å². The van der Waals surface area contributed by atoms with Crippen LogP contribution in [0.5, 0.6) is 0 Å².